The molecule has 1 aromatic rings. The lowest BCUT2D eigenvalue weighted by Crippen LogP contribution is -2.35. The molecule has 1 heterocycles. The van der Waals surface area contributed by atoms with Crippen LogP contribution in [0.15, 0.2) is 29.2 Å². The van der Waals surface area contributed by atoms with Gasteiger partial charge in [-0.3, -0.25) is 4.79 Å². The molecule has 0 saturated carbocycles. The highest BCUT2D eigenvalue weighted by molar-refractivity contribution is 7.98. The minimum Gasteiger partial charge on any atom is -0.392 e. The van der Waals surface area contributed by atoms with E-state index in [1.807, 2.05) is 30.5 Å². The zero-order valence-corrected chi connectivity index (χ0v) is 10.5. The average Bonchev–Trinajstić information content (AvgIpc) is 2.76. The number of aliphatic hydroxyl groups excluding tert-OH is 1. The predicted octanol–water partition coefficient (Wildman–Crippen LogP) is 1.07. The lowest BCUT2D eigenvalue weighted by molar-refractivity contribution is -0.117. The van der Waals surface area contributed by atoms with Crippen LogP contribution in [0, 0.1) is 0 Å². The Morgan fingerprint density at radius 2 is 2.41 bits per heavy atom. The van der Waals surface area contributed by atoms with Crippen molar-refractivity contribution >= 4 is 23.4 Å². The van der Waals surface area contributed by atoms with Crippen molar-refractivity contribution in [2.45, 2.75) is 23.5 Å². The molecule has 2 rings (SSSR count). The number of amides is 1. The molecule has 2 unspecified atom stereocenters. The summed E-state index contributed by atoms with van der Waals surface area (Å²) in [6.45, 7) is 0.489. The molecule has 0 bridgehead atoms. The second-order valence-electron chi connectivity index (χ2n) is 4.07. The Hall–Kier alpha value is -1.04. The first kappa shape index (κ1) is 12.4. The van der Waals surface area contributed by atoms with Crippen LogP contribution in [0.3, 0.4) is 0 Å². The summed E-state index contributed by atoms with van der Waals surface area (Å²) in [5.74, 6) is -0.0835. The summed E-state index contributed by atoms with van der Waals surface area (Å²) in [6.07, 6.45) is 2.06. The Morgan fingerprint density at radius 1 is 1.59 bits per heavy atom. The maximum Gasteiger partial charge on any atom is 0.241 e. The van der Waals surface area contributed by atoms with Crippen molar-refractivity contribution in [3.63, 3.8) is 0 Å². The van der Waals surface area contributed by atoms with Gasteiger partial charge in [0.2, 0.25) is 5.91 Å². The first-order valence-electron chi connectivity index (χ1n) is 5.55. The highest BCUT2D eigenvalue weighted by Crippen LogP contribution is 2.19. The van der Waals surface area contributed by atoms with Gasteiger partial charge in [0.1, 0.15) is 0 Å². The molecular weight excluding hydrogens is 236 g/mol. The predicted molar refractivity (Wildman–Crippen MR) is 69.3 cm³/mol. The Bertz CT molecular complexity index is 411. The van der Waals surface area contributed by atoms with Crippen molar-refractivity contribution in [3.05, 3.63) is 24.3 Å². The molecule has 1 amide bonds. The fourth-order valence-corrected chi connectivity index (χ4v) is 2.31. The van der Waals surface area contributed by atoms with Crippen molar-refractivity contribution in [1.29, 1.82) is 0 Å². The van der Waals surface area contributed by atoms with E-state index >= 15 is 0 Å². The van der Waals surface area contributed by atoms with E-state index in [0.29, 0.717) is 13.0 Å². The monoisotopic (exact) mass is 252 g/mol. The molecule has 1 fully saturated rings. The first-order valence-corrected chi connectivity index (χ1v) is 6.78. The maximum atomic E-state index is 11.9. The summed E-state index contributed by atoms with van der Waals surface area (Å²) >= 11 is 1.64. The lowest BCUT2D eigenvalue weighted by atomic mass is 10.2. The van der Waals surface area contributed by atoms with Crippen molar-refractivity contribution in [2.24, 2.45) is 0 Å². The molecule has 0 radical (unpaired) electrons. The second kappa shape index (κ2) is 5.53. The Balaban J connectivity index is 1.98. The molecule has 1 aliphatic heterocycles. The standard InChI is InChI=1S/C12H16N2O2S/c1-17-10-4-2-3-8(5-10)14-12(16)11-6-9(15)7-13-11/h2-5,9,11,13,15H,6-7H2,1H3,(H,14,16). The summed E-state index contributed by atoms with van der Waals surface area (Å²) in [4.78, 5) is 13.0. The van der Waals surface area contributed by atoms with Crippen LogP contribution in [-0.2, 0) is 4.79 Å². The number of hydrogen-bond donors (Lipinski definition) is 3. The van der Waals surface area contributed by atoms with E-state index in [-0.39, 0.29) is 11.9 Å². The summed E-state index contributed by atoms with van der Waals surface area (Å²) in [5, 5.41) is 15.2. The van der Waals surface area contributed by atoms with Gasteiger partial charge in [-0.05, 0) is 30.9 Å². The summed E-state index contributed by atoms with van der Waals surface area (Å²) in [5.41, 5.74) is 0.796. The number of thioether (sulfide) groups is 1. The van der Waals surface area contributed by atoms with Gasteiger partial charge >= 0.3 is 0 Å². The van der Waals surface area contributed by atoms with Crippen molar-refractivity contribution in [1.82, 2.24) is 5.32 Å². The first-order chi connectivity index (χ1) is 8.19. The number of rotatable bonds is 3. The molecule has 17 heavy (non-hydrogen) atoms. The zero-order chi connectivity index (χ0) is 12.3. The van der Waals surface area contributed by atoms with E-state index in [9.17, 15) is 9.90 Å². The maximum absolute atomic E-state index is 11.9. The summed E-state index contributed by atoms with van der Waals surface area (Å²) < 4.78 is 0. The third-order valence-electron chi connectivity index (χ3n) is 2.76. The van der Waals surface area contributed by atoms with E-state index in [0.717, 1.165) is 10.6 Å². The Kier molecular flexibility index (Phi) is 4.04. The van der Waals surface area contributed by atoms with Gasteiger partial charge in [-0.2, -0.15) is 0 Å². The van der Waals surface area contributed by atoms with Gasteiger partial charge in [0.05, 0.1) is 12.1 Å². The van der Waals surface area contributed by atoms with Crippen LogP contribution >= 0.6 is 11.8 Å². The van der Waals surface area contributed by atoms with Gasteiger partial charge in [-0.15, -0.1) is 11.8 Å². The lowest BCUT2D eigenvalue weighted by Gasteiger charge is -2.11. The van der Waals surface area contributed by atoms with E-state index in [1.54, 1.807) is 11.8 Å². The summed E-state index contributed by atoms with van der Waals surface area (Å²) in [7, 11) is 0. The molecule has 0 aliphatic carbocycles. The third-order valence-corrected chi connectivity index (χ3v) is 3.49. The molecule has 0 spiro atoms. The van der Waals surface area contributed by atoms with Crippen LogP contribution in [0.4, 0.5) is 5.69 Å². The molecule has 5 heteroatoms. The van der Waals surface area contributed by atoms with E-state index in [2.05, 4.69) is 10.6 Å². The normalized spacial score (nSPS) is 23.6. The highest BCUT2D eigenvalue weighted by Gasteiger charge is 2.27. The topological polar surface area (TPSA) is 61.4 Å². The van der Waals surface area contributed by atoms with E-state index < -0.39 is 6.10 Å². The fourth-order valence-electron chi connectivity index (χ4n) is 1.85. The fraction of sp³-hybridized carbons (Fsp3) is 0.417. The van der Waals surface area contributed by atoms with Gasteiger partial charge in [0.25, 0.3) is 0 Å². The van der Waals surface area contributed by atoms with Crippen LogP contribution in [-0.4, -0.2) is 36.0 Å². The SMILES string of the molecule is CSc1cccc(NC(=O)C2CC(O)CN2)c1. The van der Waals surface area contributed by atoms with Gasteiger partial charge in [0, 0.05) is 17.1 Å². The number of carbonyl (C=O) groups is 1. The molecule has 3 N–H and O–H groups in total. The molecule has 1 aliphatic rings. The molecule has 0 aromatic heterocycles. The number of nitrogens with one attached hydrogen (secondary N) is 2. The molecule has 1 aromatic carbocycles. The number of benzene rings is 1. The smallest absolute Gasteiger partial charge is 0.241 e. The van der Waals surface area contributed by atoms with Crippen LogP contribution < -0.4 is 10.6 Å². The van der Waals surface area contributed by atoms with Crippen molar-refractivity contribution < 1.29 is 9.90 Å². The van der Waals surface area contributed by atoms with Crippen LogP contribution in [0.5, 0.6) is 0 Å². The van der Waals surface area contributed by atoms with E-state index in [4.69, 9.17) is 0 Å². The van der Waals surface area contributed by atoms with Crippen LogP contribution in [0.25, 0.3) is 0 Å². The highest BCUT2D eigenvalue weighted by atomic mass is 32.2. The number of β-amino-alcohol motifs (C(OH)–C–C–N with tert-alkyl or cyclic N) is 1. The molecule has 1 saturated heterocycles. The zero-order valence-electron chi connectivity index (χ0n) is 9.64. The number of aliphatic hydroxyl groups is 1. The van der Waals surface area contributed by atoms with Gasteiger partial charge in [0.15, 0.2) is 0 Å². The quantitative estimate of drug-likeness (QED) is 0.704. The third kappa shape index (κ3) is 3.21. The van der Waals surface area contributed by atoms with Crippen LogP contribution in [0.2, 0.25) is 0 Å². The number of carbonyl (C=O) groups excluding carboxylic acids is 1. The molecule has 92 valence electrons. The van der Waals surface area contributed by atoms with Gasteiger partial charge < -0.3 is 15.7 Å². The van der Waals surface area contributed by atoms with Crippen molar-refractivity contribution in [3.8, 4) is 0 Å². The van der Waals surface area contributed by atoms with E-state index in [1.165, 1.54) is 0 Å². The van der Waals surface area contributed by atoms with Crippen LogP contribution in [0.1, 0.15) is 6.42 Å². The van der Waals surface area contributed by atoms with Crippen molar-refractivity contribution in [2.75, 3.05) is 18.1 Å². The second-order valence-corrected chi connectivity index (χ2v) is 4.95. The van der Waals surface area contributed by atoms with Gasteiger partial charge in [-0.1, -0.05) is 6.07 Å². The Labute approximate surface area is 105 Å². The minimum absolute atomic E-state index is 0.0835. The molecule has 4 nitrogen and oxygen atoms in total. The molecule has 2 atom stereocenters. The molecular formula is C12H16N2O2S. The summed E-state index contributed by atoms with van der Waals surface area (Å²) in [6, 6.07) is 7.43. The largest absolute Gasteiger partial charge is 0.392 e. The number of anilines is 1. The minimum atomic E-state index is -0.414. The average molecular weight is 252 g/mol. The number of hydrogen-bond acceptors (Lipinski definition) is 4. The Morgan fingerprint density at radius 3 is 3.06 bits per heavy atom. The van der Waals surface area contributed by atoms with Gasteiger partial charge in [-0.25, -0.2) is 0 Å².